The Morgan fingerprint density at radius 3 is 0.983 bits per heavy atom. The van der Waals surface area contributed by atoms with Gasteiger partial charge in [-0.1, -0.05) is 370 Å². The van der Waals surface area contributed by atoms with Crippen LogP contribution in [0.2, 0.25) is 0 Å². The van der Waals surface area contributed by atoms with Gasteiger partial charge in [0.15, 0.2) is 0 Å². The van der Waals surface area contributed by atoms with Crippen LogP contribution < -0.4 is 0 Å². The van der Waals surface area contributed by atoms with Gasteiger partial charge in [0.2, 0.25) is 0 Å². The highest BCUT2D eigenvalue weighted by Gasteiger charge is 2.23. The second kappa shape index (κ2) is 27.3. The number of rotatable bonds is 9. The molecule has 0 aliphatic rings. The van der Waals surface area contributed by atoms with Crippen molar-refractivity contribution in [3.8, 4) is 100 Å². The summed E-state index contributed by atoms with van der Waals surface area (Å²) < 4.78 is 13.2. The summed E-state index contributed by atoms with van der Waals surface area (Å²) in [5.74, 6) is 0. The quantitative estimate of drug-likeness (QED) is 0.106. The van der Waals surface area contributed by atoms with E-state index >= 15 is 0 Å². The number of furan rings is 2. The van der Waals surface area contributed by atoms with Gasteiger partial charge in [-0.05, 0) is 246 Å². The highest BCUT2D eigenvalue weighted by atomic mass is 16.3. The van der Waals surface area contributed by atoms with Crippen molar-refractivity contribution >= 4 is 141 Å². The van der Waals surface area contributed by atoms with E-state index in [-0.39, 0.29) is 0 Å². The molecular formula is C114H70O2. The lowest BCUT2D eigenvalue weighted by Gasteiger charge is -2.19. The highest BCUT2D eigenvalue weighted by molar-refractivity contribution is 6.26. The Kier molecular flexibility index (Phi) is 15.7. The fourth-order valence-electron chi connectivity index (χ4n) is 18.8. The number of fused-ring (bicyclic) bond motifs is 16. The molecule has 22 aromatic carbocycles. The summed E-state index contributed by atoms with van der Waals surface area (Å²) in [5, 5.41) is 27.1. The van der Waals surface area contributed by atoms with Gasteiger partial charge in [0.05, 0.1) is 0 Å². The van der Waals surface area contributed by atoms with E-state index in [1.165, 1.54) is 186 Å². The van der Waals surface area contributed by atoms with E-state index in [4.69, 9.17) is 8.83 Å². The summed E-state index contributed by atoms with van der Waals surface area (Å²) in [6.07, 6.45) is 0. The summed E-state index contributed by atoms with van der Waals surface area (Å²) in [5.41, 5.74) is 25.4. The summed E-state index contributed by atoms with van der Waals surface area (Å²) in [6.45, 7) is 0. The lowest BCUT2D eigenvalue weighted by atomic mass is 9.84. The molecule has 2 nitrogen and oxygen atoms in total. The molecule has 0 unspecified atom stereocenters. The maximum absolute atomic E-state index is 6.71. The first kappa shape index (κ1) is 66.6. The van der Waals surface area contributed by atoms with Crippen LogP contribution in [0.5, 0.6) is 0 Å². The molecule has 0 aliphatic carbocycles. The van der Waals surface area contributed by atoms with Crippen molar-refractivity contribution in [3.05, 3.63) is 425 Å². The van der Waals surface area contributed by atoms with E-state index in [1.807, 2.05) is 0 Å². The first-order valence-corrected chi connectivity index (χ1v) is 40.0. The number of para-hydroxylation sites is 1. The molecule has 2 heteroatoms. The topological polar surface area (TPSA) is 26.3 Å². The van der Waals surface area contributed by atoms with Gasteiger partial charge in [0, 0.05) is 27.1 Å². The van der Waals surface area contributed by atoms with Crippen LogP contribution >= 0.6 is 0 Å². The Morgan fingerprint density at radius 2 is 0.457 bits per heavy atom. The third kappa shape index (κ3) is 11.1. The van der Waals surface area contributed by atoms with E-state index in [0.717, 1.165) is 55.0 Å². The van der Waals surface area contributed by atoms with Gasteiger partial charge in [-0.2, -0.15) is 0 Å². The Bertz CT molecular complexity index is 7990. The van der Waals surface area contributed by atoms with Crippen LogP contribution in [0.3, 0.4) is 0 Å². The van der Waals surface area contributed by atoms with Crippen LogP contribution in [0.25, 0.3) is 241 Å². The molecule has 116 heavy (non-hydrogen) atoms. The molecule has 0 N–H and O–H groups in total. The zero-order valence-corrected chi connectivity index (χ0v) is 63.2. The molecule has 538 valence electrons. The van der Waals surface area contributed by atoms with Crippen LogP contribution in [0, 0.1) is 0 Å². The fraction of sp³-hybridized carbons (Fsp3) is 0. The molecule has 0 saturated heterocycles. The zero-order chi connectivity index (χ0) is 76.3. The third-order valence-corrected chi connectivity index (χ3v) is 24.3. The standard InChI is InChI=1S/C58H36O.C56H34O/c1-2-11-37(12-3-1)41-25-26-43-34-44(28-27-42(43)33-41)46-29-31-48-54-35-45(30-32-55(54)59-56(48)36-46)38-21-23-40(24-22-38)57-50-16-6-8-18-52(50)58(53-19-9-7-17-51(53)57)49-20-10-14-39-13-4-5-15-47(39)49;1-3-16-40-36(13-1)15-11-24-44(40)55-47-22-9-7-20-45(47)54(46-21-8-10-23-48(46)55)37-29-27-35(28-30-37)38-31-32-53-52(33-38)50-26-12-25-49(56(50)57-53)51-34-39-14-2-4-17-41(39)42-18-5-6-19-43(42)51/h1-36H;1-34H. The Hall–Kier alpha value is -15.2. The molecule has 24 rings (SSSR count). The smallest absolute Gasteiger partial charge is 0.143 e. The first-order valence-electron chi connectivity index (χ1n) is 40.0. The van der Waals surface area contributed by atoms with Gasteiger partial charge >= 0.3 is 0 Å². The molecule has 0 saturated carbocycles. The first-order chi connectivity index (χ1) is 57.5. The van der Waals surface area contributed by atoms with E-state index in [2.05, 4.69) is 425 Å². The molecular weight excluding hydrogens is 1400 g/mol. The summed E-state index contributed by atoms with van der Waals surface area (Å²) in [6, 6.07) is 155. The molecule has 2 heterocycles. The van der Waals surface area contributed by atoms with E-state index in [0.29, 0.717) is 0 Å². The second-order valence-electron chi connectivity index (χ2n) is 30.7. The molecule has 0 radical (unpaired) electrons. The van der Waals surface area contributed by atoms with Gasteiger partial charge in [0.1, 0.15) is 22.3 Å². The summed E-state index contributed by atoms with van der Waals surface area (Å²) in [4.78, 5) is 0. The number of benzene rings is 22. The van der Waals surface area contributed by atoms with Gasteiger partial charge in [-0.15, -0.1) is 0 Å². The average Bonchev–Trinajstić information content (AvgIpc) is 1.52. The van der Waals surface area contributed by atoms with Crippen LogP contribution in [0.4, 0.5) is 0 Å². The average molecular weight is 1470 g/mol. The third-order valence-electron chi connectivity index (χ3n) is 24.3. The molecule has 0 fully saturated rings. The predicted molar refractivity (Wildman–Crippen MR) is 494 cm³/mol. The number of hydrogen-bond acceptors (Lipinski definition) is 2. The van der Waals surface area contributed by atoms with Crippen LogP contribution in [0.1, 0.15) is 0 Å². The van der Waals surface area contributed by atoms with Crippen molar-refractivity contribution < 1.29 is 8.83 Å². The molecule has 0 bridgehead atoms. The Balaban J connectivity index is 0.000000137. The minimum atomic E-state index is 0.895. The van der Waals surface area contributed by atoms with Crippen LogP contribution in [0.15, 0.2) is 433 Å². The maximum Gasteiger partial charge on any atom is 0.143 e. The van der Waals surface area contributed by atoms with Crippen molar-refractivity contribution in [2.24, 2.45) is 0 Å². The lowest BCUT2D eigenvalue weighted by molar-refractivity contribution is 0.669. The van der Waals surface area contributed by atoms with Crippen molar-refractivity contribution in [1.29, 1.82) is 0 Å². The van der Waals surface area contributed by atoms with Gasteiger partial charge in [0.25, 0.3) is 0 Å². The van der Waals surface area contributed by atoms with Crippen LogP contribution in [-0.2, 0) is 0 Å². The molecule has 0 atom stereocenters. The SMILES string of the molecule is c1ccc(-c2ccc3cc(-c4ccc5c(c4)oc4ccc(-c6ccc(-c7c8ccccc8c(-c8cccc9ccccc89)c8ccccc78)cc6)cc45)ccc3c2)cc1.c1ccc2c(-c3c4ccccc4c(-c4ccc(-c5ccc6oc7c(-c8cc9ccccc9c9ccccc89)cccc7c6c5)cc4)c4ccccc34)cccc2c1. The predicted octanol–water partition coefficient (Wildman–Crippen LogP) is 32.6. The molecule has 24 aromatic rings. The summed E-state index contributed by atoms with van der Waals surface area (Å²) >= 11 is 0. The minimum Gasteiger partial charge on any atom is -0.456 e. The van der Waals surface area contributed by atoms with Crippen LogP contribution in [-0.4, -0.2) is 0 Å². The normalized spacial score (nSPS) is 11.8. The summed E-state index contributed by atoms with van der Waals surface area (Å²) in [7, 11) is 0. The monoisotopic (exact) mass is 1470 g/mol. The second-order valence-corrected chi connectivity index (χ2v) is 30.7. The molecule has 0 aliphatic heterocycles. The van der Waals surface area contributed by atoms with Crippen molar-refractivity contribution in [1.82, 2.24) is 0 Å². The van der Waals surface area contributed by atoms with E-state index < -0.39 is 0 Å². The molecule has 0 amide bonds. The van der Waals surface area contributed by atoms with Crippen molar-refractivity contribution in [2.45, 2.75) is 0 Å². The molecule has 2 aromatic heterocycles. The lowest BCUT2D eigenvalue weighted by Crippen LogP contribution is -1.91. The Morgan fingerprint density at radius 1 is 0.121 bits per heavy atom. The largest absolute Gasteiger partial charge is 0.456 e. The van der Waals surface area contributed by atoms with Crippen molar-refractivity contribution in [3.63, 3.8) is 0 Å². The van der Waals surface area contributed by atoms with E-state index in [9.17, 15) is 0 Å². The van der Waals surface area contributed by atoms with Gasteiger partial charge < -0.3 is 8.83 Å². The Labute approximate surface area is 669 Å². The van der Waals surface area contributed by atoms with Gasteiger partial charge in [-0.3, -0.25) is 0 Å². The maximum atomic E-state index is 6.71. The van der Waals surface area contributed by atoms with Gasteiger partial charge in [-0.25, -0.2) is 0 Å². The number of hydrogen-bond donors (Lipinski definition) is 0. The van der Waals surface area contributed by atoms with E-state index in [1.54, 1.807) is 0 Å². The van der Waals surface area contributed by atoms with Crippen molar-refractivity contribution in [2.75, 3.05) is 0 Å². The highest BCUT2D eigenvalue weighted by Crippen LogP contribution is 2.50. The fourth-order valence-corrected chi connectivity index (χ4v) is 18.8. The molecule has 0 spiro atoms. The zero-order valence-electron chi connectivity index (χ0n) is 63.2. The minimum absolute atomic E-state index is 0.895.